The van der Waals surface area contributed by atoms with Gasteiger partial charge in [-0.05, 0) is 48.2 Å². The fourth-order valence-electron chi connectivity index (χ4n) is 3.89. The van der Waals surface area contributed by atoms with Crippen LogP contribution in [0.5, 0.6) is 5.75 Å². The number of aliphatic hydroxyl groups is 2. The lowest BCUT2D eigenvalue weighted by Crippen LogP contribution is -2.41. The van der Waals surface area contributed by atoms with Crippen LogP contribution in [0.3, 0.4) is 0 Å². The highest BCUT2D eigenvalue weighted by Gasteiger charge is 2.35. The predicted molar refractivity (Wildman–Crippen MR) is 110 cm³/mol. The van der Waals surface area contributed by atoms with Gasteiger partial charge in [-0.2, -0.15) is 0 Å². The number of aliphatic hydroxyl groups excluding tert-OH is 2. The minimum absolute atomic E-state index is 0.134. The number of ether oxygens (including phenoxy) is 3. The zero-order chi connectivity index (χ0) is 20.4. The lowest BCUT2D eigenvalue weighted by atomic mass is 9.92. The first kappa shape index (κ1) is 20.6. The second-order valence-corrected chi connectivity index (χ2v) is 8.31. The maximum Gasteiger partial charge on any atom is 0.124 e. The van der Waals surface area contributed by atoms with Crippen LogP contribution in [-0.4, -0.2) is 47.8 Å². The van der Waals surface area contributed by atoms with Crippen LogP contribution < -0.4 is 4.74 Å². The van der Waals surface area contributed by atoms with Gasteiger partial charge in [-0.25, -0.2) is 0 Å². The van der Waals surface area contributed by atoms with E-state index in [4.69, 9.17) is 25.8 Å². The number of rotatable bonds is 5. The molecule has 2 aromatic carbocycles. The molecule has 6 heteroatoms. The Hall–Kier alpha value is -1.63. The minimum atomic E-state index is -0.744. The first-order chi connectivity index (χ1) is 14.0. The smallest absolute Gasteiger partial charge is 0.124 e. The van der Waals surface area contributed by atoms with E-state index in [1.54, 1.807) is 0 Å². The molecule has 0 bridgehead atoms. The molecule has 0 aliphatic carbocycles. The number of halogens is 1. The second-order valence-electron chi connectivity index (χ2n) is 7.91. The summed E-state index contributed by atoms with van der Waals surface area (Å²) in [5.74, 6) is 0.843. The molecule has 4 rings (SSSR count). The third-order valence-corrected chi connectivity index (χ3v) is 6.01. The van der Waals surface area contributed by atoms with Crippen molar-refractivity contribution in [2.75, 3.05) is 13.2 Å². The molecule has 29 heavy (non-hydrogen) atoms. The molecule has 0 saturated carbocycles. The molecule has 0 aromatic heterocycles. The van der Waals surface area contributed by atoms with Crippen molar-refractivity contribution in [3.8, 4) is 5.75 Å². The average molecular weight is 419 g/mol. The first-order valence-corrected chi connectivity index (χ1v) is 10.5. The van der Waals surface area contributed by atoms with Gasteiger partial charge in [-0.3, -0.25) is 0 Å². The zero-order valence-electron chi connectivity index (χ0n) is 16.5. The van der Waals surface area contributed by atoms with Gasteiger partial charge in [0.15, 0.2) is 0 Å². The van der Waals surface area contributed by atoms with Crippen molar-refractivity contribution in [1.82, 2.24) is 0 Å². The summed E-state index contributed by atoms with van der Waals surface area (Å²) in [6.07, 6.45) is -0.146. The summed E-state index contributed by atoms with van der Waals surface area (Å²) in [4.78, 5) is 0. The van der Waals surface area contributed by atoms with E-state index in [-0.39, 0.29) is 12.2 Å². The van der Waals surface area contributed by atoms with Crippen LogP contribution in [0.2, 0.25) is 5.02 Å². The SMILES string of the molecule is C[C@H]1O[C@@H](c2ccc(Cl)c(Cc3ccc(O[C@H]4CCOC4)cc3)c2)[C@H](O)C[C@@H]1O. The molecule has 2 fully saturated rings. The molecule has 2 heterocycles. The fourth-order valence-corrected chi connectivity index (χ4v) is 4.07. The zero-order valence-corrected chi connectivity index (χ0v) is 17.2. The molecular formula is C23H27ClO5. The Balaban J connectivity index is 1.46. The molecule has 5 nitrogen and oxygen atoms in total. The van der Waals surface area contributed by atoms with E-state index in [0.717, 1.165) is 35.5 Å². The maximum atomic E-state index is 10.4. The third kappa shape index (κ3) is 4.93. The molecule has 2 saturated heterocycles. The highest BCUT2D eigenvalue weighted by molar-refractivity contribution is 6.31. The van der Waals surface area contributed by atoms with Gasteiger partial charge in [-0.15, -0.1) is 0 Å². The summed E-state index contributed by atoms with van der Waals surface area (Å²) < 4.78 is 17.1. The number of hydrogen-bond donors (Lipinski definition) is 2. The van der Waals surface area contributed by atoms with E-state index in [2.05, 4.69) is 0 Å². The molecule has 5 atom stereocenters. The number of hydrogen-bond acceptors (Lipinski definition) is 5. The van der Waals surface area contributed by atoms with Crippen LogP contribution in [0.4, 0.5) is 0 Å². The molecule has 156 valence electrons. The molecular weight excluding hydrogens is 392 g/mol. The van der Waals surface area contributed by atoms with Gasteiger partial charge in [0.25, 0.3) is 0 Å². The van der Waals surface area contributed by atoms with E-state index in [0.29, 0.717) is 24.5 Å². The third-order valence-electron chi connectivity index (χ3n) is 5.64. The Labute approximate surface area is 176 Å². The van der Waals surface area contributed by atoms with Crippen molar-refractivity contribution in [3.63, 3.8) is 0 Å². The topological polar surface area (TPSA) is 68.2 Å². The van der Waals surface area contributed by atoms with Crippen molar-refractivity contribution in [2.24, 2.45) is 0 Å². The normalized spacial score (nSPS) is 29.7. The largest absolute Gasteiger partial charge is 0.488 e. The minimum Gasteiger partial charge on any atom is -0.488 e. The molecule has 2 N–H and O–H groups in total. The van der Waals surface area contributed by atoms with E-state index in [1.807, 2.05) is 49.4 Å². The quantitative estimate of drug-likeness (QED) is 0.775. The lowest BCUT2D eigenvalue weighted by Gasteiger charge is -2.36. The molecule has 0 spiro atoms. The standard InChI is InChI=1S/C23H27ClO5/c1-14-21(25)12-22(26)23(28-14)16-4-7-20(24)17(11-16)10-15-2-5-18(6-3-15)29-19-8-9-27-13-19/h2-7,11,14,19,21-23,25-26H,8-10,12-13H2,1H3/t14-,19+,21+,22-,23+/m1/s1. The molecule has 0 amide bonds. The van der Waals surface area contributed by atoms with Gasteiger partial charge in [0.2, 0.25) is 0 Å². The summed E-state index contributed by atoms with van der Waals surface area (Å²) in [6, 6.07) is 13.7. The molecule has 0 radical (unpaired) electrons. The van der Waals surface area contributed by atoms with Crippen molar-refractivity contribution in [1.29, 1.82) is 0 Å². The summed E-state index contributed by atoms with van der Waals surface area (Å²) in [5.41, 5.74) is 2.96. The molecule has 0 unspecified atom stereocenters. The van der Waals surface area contributed by atoms with Crippen LogP contribution in [0.15, 0.2) is 42.5 Å². The Morgan fingerprint density at radius 3 is 2.62 bits per heavy atom. The molecule has 2 aliphatic heterocycles. The fraction of sp³-hybridized carbons (Fsp3) is 0.478. The molecule has 2 aromatic rings. The van der Waals surface area contributed by atoms with Crippen molar-refractivity contribution in [2.45, 2.75) is 56.7 Å². The maximum absolute atomic E-state index is 10.4. The Morgan fingerprint density at radius 2 is 1.90 bits per heavy atom. The van der Waals surface area contributed by atoms with Crippen molar-refractivity contribution in [3.05, 3.63) is 64.2 Å². The van der Waals surface area contributed by atoms with Gasteiger partial charge in [0.1, 0.15) is 18.0 Å². The van der Waals surface area contributed by atoms with Crippen LogP contribution in [0, 0.1) is 0 Å². The highest BCUT2D eigenvalue weighted by atomic mass is 35.5. The average Bonchev–Trinajstić information content (AvgIpc) is 3.21. The summed E-state index contributed by atoms with van der Waals surface area (Å²) >= 11 is 6.44. The van der Waals surface area contributed by atoms with Gasteiger partial charge >= 0.3 is 0 Å². The van der Waals surface area contributed by atoms with Crippen molar-refractivity contribution >= 4 is 11.6 Å². The van der Waals surface area contributed by atoms with Crippen LogP contribution in [0.1, 0.15) is 42.6 Å². The highest BCUT2D eigenvalue weighted by Crippen LogP contribution is 2.34. The van der Waals surface area contributed by atoms with Gasteiger partial charge in [0.05, 0.1) is 31.5 Å². The summed E-state index contributed by atoms with van der Waals surface area (Å²) in [7, 11) is 0. The lowest BCUT2D eigenvalue weighted by molar-refractivity contribution is -0.164. The monoisotopic (exact) mass is 418 g/mol. The Kier molecular flexibility index (Phi) is 6.42. The number of benzene rings is 2. The van der Waals surface area contributed by atoms with Crippen molar-refractivity contribution < 1.29 is 24.4 Å². The van der Waals surface area contributed by atoms with E-state index >= 15 is 0 Å². The summed E-state index contributed by atoms with van der Waals surface area (Å²) in [5, 5.41) is 20.9. The summed E-state index contributed by atoms with van der Waals surface area (Å²) in [6.45, 7) is 3.23. The van der Waals surface area contributed by atoms with Crippen LogP contribution >= 0.6 is 11.6 Å². The van der Waals surface area contributed by atoms with E-state index < -0.39 is 18.3 Å². The van der Waals surface area contributed by atoms with E-state index in [1.165, 1.54) is 0 Å². The molecule has 2 aliphatic rings. The van der Waals surface area contributed by atoms with Gasteiger partial charge in [0, 0.05) is 17.9 Å². The van der Waals surface area contributed by atoms with Gasteiger partial charge < -0.3 is 24.4 Å². The Bertz CT molecular complexity index is 819. The van der Waals surface area contributed by atoms with Gasteiger partial charge in [-0.1, -0.05) is 35.9 Å². The van der Waals surface area contributed by atoms with Crippen LogP contribution in [-0.2, 0) is 15.9 Å². The Morgan fingerprint density at radius 1 is 1.10 bits per heavy atom. The first-order valence-electron chi connectivity index (χ1n) is 10.1. The predicted octanol–water partition coefficient (Wildman–Crippen LogP) is 3.67. The van der Waals surface area contributed by atoms with Crippen LogP contribution in [0.25, 0.3) is 0 Å². The second kappa shape index (κ2) is 9.02. The van der Waals surface area contributed by atoms with E-state index in [9.17, 15) is 10.2 Å².